The molecule has 1 heterocycles. The van der Waals surface area contributed by atoms with Gasteiger partial charge < -0.3 is 29.6 Å². The summed E-state index contributed by atoms with van der Waals surface area (Å²) in [6.07, 6.45) is 1.50. The summed E-state index contributed by atoms with van der Waals surface area (Å²) < 4.78 is 24.9. The molecule has 0 saturated carbocycles. The van der Waals surface area contributed by atoms with E-state index in [0.29, 0.717) is 34.9 Å². The smallest absolute Gasteiger partial charge is 0.338 e. The molecular weight excluding hydrogens is 827 g/mol. The molecule has 3 aromatic carbocycles. The van der Waals surface area contributed by atoms with Crippen LogP contribution in [0.5, 0.6) is 17.2 Å². The second kappa shape index (κ2) is 16.1. The monoisotopic (exact) mass is 854 g/mol. The Labute approximate surface area is 290 Å². The molecule has 3 N–H and O–H groups in total. The van der Waals surface area contributed by atoms with Gasteiger partial charge in [-0.15, -0.1) is 0 Å². The highest BCUT2D eigenvalue weighted by Crippen LogP contribution is 2.36. The minimum Gasteiger partial charge on any atom is -0.493 e. The summed E-state index contributed by atoms with van der Waals surface area (Å²) in [4.78, 5) is 37.2. The minimum absolute atomic E-state index is 0.184. The van der Waals surface area contributed by atoms with E-state index in [1.54, 1.807) is 32.0 Å². The van der Waals surface area contributed by atoms with Crippen molar-refractivity contribution in [3.63, 3.8) is 0 Å². The lowest BCUT2D eigenvalue weighted by Gasteiger charge is -2.28. The van der Waals surface area contributed by atoms with Gasteiger partial charge in [-0.05, 0) is 121 Å². The molecule has 3 amide bonds. The zero-order valence-electron chi connectivity index (χ0n) is 24.4. The quantitative estimate of drug-likeness (QED) is 0.0865. The van der Waals surface area contributed by atoms with Gasteiger partial charge in [0.1, 0.15) is 12.4 Å². The number of carbonyl (C=O) groups is 3. The second-order valence-corrected chi connectivity index (χ2v) is 12.5. The summed E-state index contributed by atoms with van der Waals surface area (Å²) in [6.45, 7) is 3.58. The molecule has 0 saturated heterocycles. The van der Waals surface area contributed by atoms with E-state index in [-0.39, 0.29) is 24.5 Å². The van der Waals surface area contributed by atoms with Crippen molar-refractivity contribution in [3.05, 3.63) is 95.1 Å². The Kier molecular flexibility index (Phi) is 12.2. The van der Waals surface area contributed by atoms with Crippen LogP contribution in [0.3, 0.4) is 0 Å². The van der Waals surface area contributed by atoms with E-state index in [9.17, 15) is 14.4 Å². The first-order chi connectivity index (χ1) is 21.6. The van der Waals surface area contributed by atoms with Crippen LogP contribution in [0.2, 0.25) is 0 Å². The average Bonchev–Trinajstić information content (AvgIpc) is 3.00. The maximum atomic E-state index is 12.6. The summed E-state index contributed by atoms with van der Waals surface area (Å²) >= 11 is 9.33. The molecule has 0 aromatic heterocycles. The van der Waals surface area contributed by atoms with Gasteiger partial charge in [0.15, 0.2) is 18.1 Å². The second-order valence-electron chi connectivity index (χ2n) is 9.51. The predicted molar refractivity (Wildman–Crippen MR) is 183 cm³/mol. The van der Waals surface area contributed by atoms with Crippen molar-refractivity contribution in [1.82, 2.24) is 16.1 Å². The molecule has 4 rings (SSSR count). The molecule has 3 aromatic rings. The Balaban J connectivity index is 1.35. The number of hydrogen-bond donors (Lipinski definition) is 3. The number of carbonyl (C=O) groups excluding carboxylic acids is 3. The van der Waals surface area contributed by atoms with Crippen LogP contribution < -0.4 is 30.3 Å². The third kappa shape index (κ3) is 9.20. The highest BCUT2D eigenvalue weighted by atomic mass is 127. The van der Waals surface area contributed by atoms with E-state index >= 15 is 0 Å². The first-order valence-corrected chi connectivity index (χ1v) is 16.2. The number of hydrogen-bond acceptors (Lipinski definition) is 8. The third-order valence-corrected chi connectivity index (χ3v) is 8.26. The lowest BCUT2D eigenvalue weighted by molar-refractivity contribution is -0.139. The number of esters is 1. The van der Waals surface area contributed by atoms with Crippen LogP contribution >= 0.6 is 54.5 Å². The van der Waals surface area contributed by atoms with Gasteiger partial charge in [0.2, 0.25) is 0 Å². The lowest BCUT2D eigenvalue weighted by atomic mass is 9.95. The van der Waals surface area contributed by atoms with Crippen molar-refractivity contribution in [3.8, 4) is 17.2 Å². The highest BCUT2D eigenvalue weighted by Gasteiger charge is 2.32. The fourth-order valence-corrected chi connectivity index (χ4v) is 6.10. The minimum atomic E-state index is -0.771. The molecule has 11 nitrogen and oxygen atoms in total. The van der Waals surface area contributed by atoms with Gasteiger partial charge in [0.05, 0.1) is 40.5 Å². The van der Waals surface area contributed by atoms with E-state index < -0.39 is 23.9 Å². The Morgan fingerprint density at radius 1 is 1.04 bits per heavy atom. The fourth-order valence-electron chi connectivity index (χ4n) is 4.29. The fraction of sp³-hybridized carbons (Fsp3) is 0.226. The molecule has 0 bridgehead atoms. The standard InChI is InChI=1S/C31H29Br2IN4O7/c1-4-43-30(40)27-17(2)36-31(41)37-28(27)20-7-10-24(25(13-20)42-3)44-16-26(39)38-35-14-19-11-22(32)29(23(33)12-19)45-15-18-5-8-21(34)9-6-18/h5-14,28H,4,15-16H2,1-3H3,(H,38,39)(H2,36,37,41)/b35-14-/t28-/m0/s1. The largest absolute Gasteiger partial charge is 0.493 e. The number of ether oxygens (including phenoxy) is 4. The van der Waals surface area contributed by atoms with E-state index in [4.69, 9.17) is 18.9 Å². The molecule has 1 atom stereocenters. The van der Waals surface area contributed by atoms with Crippen molar-refractivity contribution >= 4 is 78.6 Å². The summed E-state index contributed by atoms with van der Waals surface area (Å²) in [5.74, 6) is 0.186. The van der Waals surface area contributed by atoms with Crippen molar-refractivity contribution in [2.24, 2.45) is 5.10 Å². The van der Waals surface area contributed by atoms with E-state index in [1.165, 1.54) is 13.3 Å². The number of nitrogens with one attached hydrogen (secondary N) is 3. The summed E-state index contributed by atoms with van der Waals surface area (Å²) in [7, 11) is 1.44. The van der Waals surface area contributed by atoms with Gasteiger partial charge in [-0.1, -0.05) is 18.2 Å². The average molecular weight is 856 g/mol. The van der Waals surface area contributed by atoms with Crippen molar-refractivity contribution in [1.29, 1.82) is 0 Å². The number of halogens is 3. The number of methoxy groups -OCH3 is 1. The molecule has 0 aliphatic carbocycles. The number of amides is 3. The van der Waals surface area contributed by atoms with E-state index in [1.807, 2.05) is 36.4 Å². The SMILES string of the molecule is CCOC(=O)C1=C(C)NC(=O)N[C@H]1c1ccc(OCC(=O)N/N=C\c2cc(Br)c(OCc3ccc(I)cc3)c(Br)c2)c(OC)c1. The van der Waals surface area contributed by atoms with Gasteiger partial charge >= 0.3 is 12.0 Å². The molecule has 1 aliphatic heterocycles. The van der Waals surface area contributed by atoms with Crippen LogP contribution in [-0.4, -0.2) is 44.4 Å². The molecule has 0 fully saturated rings. The number of rotatable bonds is 12. The van der Waals surface area contributed by atoms with Crippen LogP contribution in [0.4, 0.5) is 4.79 Å². The van der Waals surface area contributed by atoms with Crippen molar-refractivity contribution in [2.75, 3.05) is 20.3 Å². The first-order valence-electron chi connectivity index (χ1n) is 13.5. The Hall–Kier alpha value is -3.63. The van der Waals surface area contributed by atoms with E-state index in [0.717, 1.165) is 18.1 Å². The predicted octanol–water partition coefficient (Wildman–Crippen LogP) is 6.12. The molecule has 1 aliphatic rings. The first kappa shape index (κ1) is 34.2. The Morgan fingerprint density at radius 3 is 2.42 bits per heavy atom. The molecule has 236 valence electrons. The van der Waals surface area contributed by atoms with Crippen molar-refractivity contribution in [2.45, 2.75) is 26.5 Å². The number of benzene rings is 3. The van der Waals surface area contributed by atoms with Crippen molar-refractivity contribution < 1.29 is 33.3 Å². The van der Waals surface area contributed by atoms with Gasteiger partial charge in [-0.2, -0.15) is 5.10 Å². The molecule has 0 radical (unpaired) electrons. The zero-order chi connectivity index (χ0) is 32.5. The van der Waals surface area contributed by atoms with Crippen LogP contribution in [0.25, 0.3) is 0 Å². The lowest BCUT2D eigenvalue weighted by Crippen LogP contribution is -2.45. The number of allylic oxidation sites excluding steroid dienone is 1. The zero-order valence-corrected chi connectivity index (χ0v) is 29.7. The molecule has 0 unspecified atom stereocenters. The Morgan fingerprint density at radius 2 is 1.76 bits per heavy atom. The van der Waals surface area contributed by atoms with Crippen LogP contribution in [0.1, 0.15) is 36.6 Å². The Bertz CT molecular complexity index is 1620. The van der Waals surface area contributed by atoms with Gasteiger partial charge in [0, 0.05) is 9.27 Å². The molecular formula is C31H29Br2IN4O7. The summed E-state index contributed by atoms with van der Waals surface area (Å²) in [5.41, 5.74) is 5.42. The number of hydrazone groups is 1. The number of urea groups is 1. The maximum Gasteiger partial charge on any atom is 0.338 e. The van der Waals surface area contributed by atoms with Crippen LogP contribution in [0.15, 0.2) is 79.9 Å². The van der Waals surface area contributed by atoms with Crippen LogP contribution in [0, 0.1) is 3.57 Å². The number of nitrogens with zero attached hydrogens (tertiary/aromatic N) is 1. The molecule has 0 spiro atoms. The van der Waals surface area contributed by atoms with Gasteiger partial charge in [0.25, 0.3) is 5.91 Å². The maximum absolute atomic E-state index is 12.6. The topological polar surface area (TPSA) is 137 Å². The highest BCUT2D eigenvalue weighted by molar-refractivity contribution is 14.1. The molecule has 14 heteroatoms. The van der Waals surface area contributed by atoms with E-state index in [2.05, 4.69) is 75.6 Å². The van der Waals surface area contributed by atoms with Gasteiger partial charge in [-0.25, -0.2) is 15.0 Å². The summed E-state index contributed by atoms with van der Waals surface area (Å²) in [6, 6.07) is 15.4. The molecule has 45 heavy (non-hydrogen) atoms. The normalized spacial score (nSPS) is 14.4. The van der Waals surface area contributed by atoms with Crippen LogP contribution in [-0.2, 0) is 20.9 Å². The third-order valence-electron chi connectivity index (χ3n) is 6.36. The summed E-state index contributed by atoms with van der Waals surface area (Å²) in [5, 5.41) is 9.36. The van der Waals surface area contributed by atoms with Gasteiger partial charge in [-0.3, -0.25) is 4.79 Å².